The van der Waals surface area contributed by atoms with Crippen molar-refractivity contribution in [2.45, 2.75) is 50.6 Å². The van der Waals surface area contributed by atoms with E-state index in [1.165, 1.54) is 0 Å². The molecule has 1 aromatic carbocycles. The Hall–Kier alpha value is -0.910. The van der Waals surface area contributed by atoms with Gasteiger partial charge in [-0.15, -0.1) is 0 Å². The van der Waals surface area contributed by atoms with E-state index in [-0.39, 0.29) is 6.04 Å². The van der Waals surface area contributed by atoms with Gasteiger partial charge < -0.3 is 5.32 Å². The minimum Gasteiger partial charge on any atom is -0.316 e. The highest BCUT2D eigenvalue weighted by Crippen LogP contribution is 2.30. The number of nitrogens with one attached hydrogen (secondary N) is 2. The minimum atomic E-state index is -3.42. The fourth-order valence-corrected chi connectivity index (χ4v) is 4.32. The van der Waals surface area contributed by atoms with Gasteiger partial charge in [-0.3, -0.25) is 0 Å². The second kappa shape index (κ2) is 6.90. The molecule has 0 aromatic heterocycles. The molecule has 0 bridgehead atoms. The lowest BCUT2D eigenvalue weighted by molar-refractivity contribution is 0.242. The van der Waals surface area contributed by atoms with E-state index in [1.54, 1.807) is 18.2 Å². The van der Waals surface area contributed by atoms with Crippen molar-refractivity contribution >= 4 is 10.0 Å². The summed E-state index contributed by atoms with van der Waals surface area (Å²) in [5, 5.41) is 3.04. The lowest BCUT2D eigenvalue weighted by Gasteiger charge is -2.32. The maximum Gasteiger partial charge on any atom is 0.240 e. The lowest BCUT2D eigenvalue weighted by Crippen LogP contribution is -2.39. The average molecular weight is 310 g/mol. The summed E-state index contributed by atoms with van der Waals surface area (Å²) in [4.78, 5) is 0.363. The monoisotopic (exact) mass is 310 g/mol. The van der Waals surface area contributed by atoms with E-state index < -0.39 is 10.0 Å². The van der Waals surface area contributed by atoms with Crippen LogP contribution in [0, 0.1) is 11.8 Å². The minimum absolute atomic E-state index is 0.0640. The van der Waals surface area contributed by atoms with E-state index in [4.69, 9.17) is 0 Å². The van der Waals surface area contributed by atoms with Gasteiger partial charge in [-0.2, -0.15) is 0 Å². The van der Waals surface area contributed by atoms with Crippen molar-refractivity contribution < 1.29 is 8.42 Å². The molecule has 1 saturated carbocycles. The number of hydrogen-bond donors (Lipinski definition) is 2. The van der Waals surface area contributed by atoms with Gasteiger partial charge in [-0.1, -0.05) is 26.0 Å². The molecule has 0 amide bonds. The second-order valence-corrected chi connectivity index (χ2v) is 7.98. The van der Waals surface area contributed by atoms with Crippen molar-refractivity contribution in [3.8, 4) is 0 Å². The van der Waals surface area contributed by atoms with Crippen LogP contribution in [0.1, 0.15) is 38.7 Å². The maximum atomic E-state index is 12.5. The molecule has 3 unspecified atom stereocenters. The van der Waals surface area contributed by atoms with E-state index >= 15 is 0 Å². The molecular formula is C16H26N2O2S. The summed E-state index contributed by atoms with van der Waals surface area (Å²) >= 11 is 0. The molecule has 1 aromatic rings. The van der Waals surface area contributed by atoms with Crippen LogP contribution in [0.25, 0.3) is 0 Å². The highest BCUT2D eigenvalue weighted by atomic mass is 32.2. The zero-order valence-electron chi connectivity index (χ0n) is 13.1. The largest absolute Gasteiger partial charge is 0.316 e. The summed E-state index contributed by atoms with van der Waals surface area (Å²) < 4.78 is 27.9. The molecular weight excluding hydrogens is 284 g/mol. The van der Waals surface area contributed by atoms with E-state index in [1.807, 2.05) is 13.1 Å². The van der Waals surface area contributed by atoms with Gasteiger partial charge in [0.2, 0.25) is 10.0 Å². The molecule has 1 fully saturated rings. The normalized spacial score (nSPS) is 26.7. The Balaban J connectivity index is 2.09. The molecule has 4 nitrogen and oxygen atoms in total. The van der Waals surface area contributed by atoms with E-state index in [9.17, 15) is 8.42 Å². The third-order valence-corrected chi connectivity index (χ3v) is 6.03. The molecule has 0 radical (unpaired) electrons. The Kier molecular flexibility index (Phi) is 5.41. The topological polar surface area (TPSA) is 58.2 Å². The first-order chi connectivity index (χ1) is 9.92. The first-order valence-corrected chi connectivity index (χ1v) is 9.16. The zero-order chi connectivity index (χ0) is 15.5. The molecule has 1 aliphatic carbocycles. The number of benzene rings is 1. The molecule has 0 spiro atoms. The summed E-state index contributed by atoms with van der Waals surface area (Å²) in [7, 11) is -1.57. The Morgan fingerprint density at radius 1 is 1.19 bits per heavy atom. The first-order valence-electron chi connectivity index (χ1n) is 7.68. The van der Waals surface area contributed by atoms with Crippen LogP contribution in [0.2, 0.25) is 0 Å². The Bertz CT molecular complexity index is 571. The summed E-state index contributed by atoms with van der Waals surface area (Å²) in [5.41, 5.74) is 0.978. The van der Waals surface area contributed by atoms with Crippen LogP contribution in [0.5, 0.6) is 0 Å². The van der Waals surface area contributed by atoms with E-state index in [0.717, 1.165) is 24.8 Å². The fraction of sp³-hybridized carbons (Fsp3) is 0.625. The van der Waals surface area contributed by atoms with Crippen molar-refractivity contribution in [1.29, 1.82) is 0 Å². The summed E-state index contributed by atoms with van der Waals surface area (Å²) in [5.74, 6) is 1.26. The summed E-state index contributed by atoms with van der Waals surface area (Å²) in [6, 6.07) is 7.20. The fourth-order valence-electron chi connectivity index (χ4n) is 2.97. The molecule has 21 heavy (non-hydrogen) atoms. The van der Waals surface area contributed by atoms with Crippen LogP contribution < -0.4 is 10.0 Å². The predicted molar refractivity (Wildman–Crippen MR) is 85.5 cm³/mol. The molecule has 0 heterocycles. The molecule has 0 aliphatic heterocycles. The van der Waals surface area contributed by atoms with E-state index in [2.05, 4.69) is 23.9 Å². The standard InChI is InChI=1S/C16H26N2O2S/c1-12-7-8-15(9-13(12)2)18-21(19,20)16-6-4-5-14(10-16)11-17-3/h4-6,10,12-13,15,17-18H,7-9,11H2,1-3H3. The quantitative estimate of drug-likeness (QED) is 0.878. The maximum absolute atomic E-state index is 12.5. The predicted octanol–water partition coefficient (Wildman–Crippen LogP) is 2.51. The van der Waals surface area contributed by atoms with Crippen molar-refractivity contribution in [1.82, 2.24) is 10.0 Å². The highest BCUT2D eigenvalue weighted by molar-refractivity contribution is 7.89. The third kappa shape index (κ3) is 4.28. The summed E-state index contributed by atoms with van der Waals surface area (Å²) in [6.45, 7) is 5.12. The van der Waals surface area contributed by atoms with Gasteiger partial charge in [0.1, 0.15) is 0 Å². The highest BCUT2D eigenvalue weighted by Gasteiger charge is 2.28. The third-order valence-electron chi connectivity index (χ3n) is 4.51. The first kappa shape index (κ1) is 16.5. The molecule has 3 atom stereocenters. The van der Waals surface area contributed by atoms with Crippen molar-refractivity contribution in [2.75, 3.05) is 7.05 Å². The van der Waals surface area contributed by atoms with Crippen LogP contribution in [-0.4, -0.2) is 21.5 Å². The van der Waals surface area contributed by atoms with Crippen LogP contribution >= 0.6 is 0 Å². The summed E-state index contributed by atoms with van der Waals surface area (Å²) in [6.07, 6.45) is 2.95. The van der Waals surface area contributed by atoms with Crippen molar-refractivity contribution in [3.63, 3.8) is 0 Å². The Morgan fingerprint density at radius 3 is 2.62 bits per heavy atom. The SMILES string of the molecule is CNCc1cccc(S(=O)(=O)NC2CCC(C)C(C)C2)c1. The van der Waals surface area contributed by atoms with Crippen molar-refractivity contribution in [2.24, 2.45) is 11.8 Å². The molecule has 118 valence electrons. The molecule has 2 rings (SSSR count). The zero-order valence-corrected chi connectivity index (χ0v) is 13.9. The van der Waals surface area contributed by atoms with Gasteiger partial charge in [0, 0.05) is 12.6 Å². The number of hydrogen-bond acceptors (Lipinski definition) is 3. The number of rotatable bonds is 5. The van der Waals surface area contributed by atoms with E-state index in [0.29, 0.717) is 23.3 Å². The molecule has 2 N–H and O–H groups in total. The smallest absolute Gasteiger partial charge is 0.240 e. The van der Waals surface area contributed by atoms with Gasteiger partial charge >= 0.3 is 0 Å². The van der Waals surface area contributed by atoms with Gasteiger partial charge in [0.05, 0.1) is 4.90 Å². The second-order valence-electron chi connectivity index (χ2n) is 6.26. The van der Waals surface area contributed by atoms with Gasteiger partial charge in [0.25, 0.3) is 0 Å². The molecule has 0 saturated heterocycles. The molecule has 5 heteroatoms. The van der Waals surface area contributed by atoms with Crippen LogP contribution in [0.15, 0.2) is 29.2 Å². The van der Waals surface area contributed by atoms with Crippen LogP contribution in [0.4, 0.5) is 0 Å². The lowest BCUT2D eigenvalue weighted by atomic mass is 9.79. The van der Waals surface area contributed by atoms with Gasteiger partial charge in [-0.05, 0) is 55.8 Å². The average Bonchev–Trinajstić information content (AvgIpc) is 2.43. The van der Waals surface area contributed by atoms with Crippen molar-refractivity contribution in [3.05, 3.63) is 29.8 Å². The van der Waals surface area contributed by atoms with Gasteiger partial charge in [-0.25, -0.2) is 13.1 Å². The Labute approximate surface area is 128 Å². The van der Waals surface area contributed by atoms with Crippen LogP contribution in [-0.2, 0) is 16.6 Å². The van der Waals surface area contributed by atoms with Crippen LogP contribution in [0.3, 0.4) is 0 Å². The Morgan fingerprint density at radius 2 is 1.95 bits per heavy atom. The number of sulfonamides is 1. The van der Waals surface area contributed by atoms with Gasteiger partial charge in [0.15, 0.2) is 0 Å². The molecule has 1 aliphatic rings.